The molecule has 3 nitrogen and oxygen atoms in total. The van der Waals surface area contributed by atoms with Gasteiger partial charge in [-0.1, -0.05) is 30.3 Å². The average molecular weight is 228 g/mol. The van der Waals surface area contributed by atoms with Crippen LogP contribution in [0.5, 0.6) is 0 Å². The van der Waals surface area contributed by atoms with Gasteiger partial charge < -0.3 is 16.2 Å². The van der Waals surface area contributed by atoms with Crippen LogP contribution in [-0.2, 0) is 0 Å². The van der Waals surface area contributed by atoms with E-state index >= 15 is 0 Å². The Kier molecular flexibility index (Phi) is 3.62. The molecule has 0 aliphatic carbocycles. The molecular formula is C14H16N2O. The average Bonchev–Trinajstić information content (AvgIpc) is 2.39. The van der Waals surface area contributed by atoms with Crippen molar-refractivity contribution in [1.29, 1.82) is 0 Å². The fourth-order valence-electron chi connectivity index (χ4n) is 1.61. The summed E-state index contributed by atoms with van der Waals surface area (Å²) < 4.78 is 0. The summed E-state index contributed by atoms with van der Waals surface area (Å²) in [6.45, 7) is 0.480. The van der Waals surface area contributed by atoms with Crippen LogP contribution in [0.1, 0.15) is 11.7 Å². The van der Waals surface area contributed by atoms with Crippen LogP contribution in [0, 0.1) is 0 Å². The van der Waals surface area contributed by atoms with Crippen LogP contribution in [0.4, 0.5) is 11.4 Å². The zero-order valence-electron chi connectivity index (χ0n) is 9.51. The molecule has 3 heteroatoms. The van der Waals surface area contributed by atoms with Crippen molar-refractivity contribution in [3.63, 3.8) is 0 Å². The molecule has 2 rings (SSSR count). The largest absolute Gasteiger partial charge is 0.399 e. The molecule has 4 N–H and O–H groups in total. The quantitative estimate of drug-likeness (QED) is 0.704. The molecule has 0 radical (unpaired) electrons. The van der Waals surface area contributed by atoms with Crippen molar-refractivity contribution in [3.8, 4) is 0 Å². The number of benzene rings is 2. The number of hydrogen-bond donors (Lipinski definition) is 3. The topological polar surface area (TPSA) is 58.3 Å². The summed E-state index contributed by atoms with van der Waals surface area (Å²) in [6, 6.07) is 17.0. The number of anilines is 2. The van der Waals surface area contributed by atoms with Crippen LogP contribution in [0.15, 0.2) is 54.6 Å². The molecule has 88 valence electrons. The zero-order valence-corrected chi connectivity index (χ0v) is 9.51. The van der Waals surface area contributed by atoms with Gasteiger partial charge in [-0.3, -0.25) is 0 Å². The van der Waals surface area contributed by atoms with Crippen LogP contribution in [0.2, 0.25) is 0 Å². The van der Waals surface area contributed by atoms with Gasteiger partial charge in [0.05, 0.1) is 6.10 Å². The van der Waals surface area contributed by atoms with Crippen molar-refractivity contribution >= 4 is 11.4 Å². The lowest BCUT2D eigenvalue weighted by molar-refractivity contribution is 0.191. The van der Waals surface area contributed by atoms with E-state index in [2.05, 4.69) is 5.32 Å². The summed E-state index contributed by atoms with van der Waals surface area (Å²) in [7, 11) is 0. The molecule has 0 fully saturated rings. The van der Waals surface area contributed by atoms with Gasteiger partial charge in [0.15, 0.2) is 0 Å². The van der Waals surface area contributed by atoms with Gasteiger partial charge in [-0.25, -0.2) is 0 Å². The van der Waals surface area contributed by atoms with Gasteiger partial charge in [0.1, 0.15) is 0 Å². The molecule has 0 aliphatic rings. The summed E-state index contributed by atoms with van der Waals surface area (Å²) in [5.74, 6) is 0. The van der Waals surface area contributed by atoms with Gasteiger partial charge in [-0.05, 0) is 29.8 Å². The molecule has 0 heterocycles. The number of rotatable bonds is 4. The molecule has 1 atom stereocenters. The van der Waals surface area contributed by atoms with Gasteiger partial charge in [-0.15, -0.1) is 0 Å². The lowest BCUT2D eigenvalue weighted by Crippen LogP contribution is -2.11. The highest BCUT2D eigenvalue weighted by atomic mass is 16.3. The molecule has 0 aliphatic heterocycles. The van der Waals surface area contributed by atoms with Crippen molar-refractivity contribution in [1.82, 2.24) is 0 Å². The first-order valence-corrected chi connectivity index (χ1v) is 5.58. The van der Waals surface area contributed by atoms with E-state index in [0.717, 1.165) is 16.9 Å². The monoisotopic (exact) mass is 228 g/mol. The maximum absolute atomic E-state index is 9.95. The Bertz CT molecular complexity index is 453. The molecule has 0 amide bonds. The summed E-state index contributed by atoms with van der Waals surface area (Å²) >= 11 is 0. The lowest BCUT2D eigenvalue weighted by Gasteiger charge is -2.13. The Hall–Kier alpha value is -2.00. The van der Waals surface area contributed by atoms with E-state index in [-0.39, 0.29) is 0 Å². The second kappa shape index (κ2) is 5.37. The molecule has 17 heavy (non-hydrogen) atoms. The van der Waals surface area contributed by atoms with Gasteiger partial charge in [-0.2, -0.15) is 0 Å². The van der Waals surface area contributed by atoms with E-state index in [4.69, 9.17) is 5.73 Å². The maximum atomic E-state index is 9.95. The minimum atomic E-state index is -0.506. The maximum Gasteiger partial charge on any atom is 0.0962 e. The minimum Gasteiger partial charge on any atom is -0.399 e. The van der Waals surface area contributed by atoms with Gasteiger partial charge in [0.25, 0.3) is 0 Å². The van der Waals surface area contributed by atoms with E-state index in [9.17, 15) is 5.11 Å². The molecule has 1 unspecified atom stereocenters. The highest BCUT2D eigenvalue weighted by Gasteiger charge is 2.05. The molecule has 2 aromatic rings. The highest BCUT2D eigenvalue weighted by Crippen LogP contribution is 2.15. The van der Waals surface area contributed by atoms with E-state index in [0.29, 0.717) is 6.54 Å². The molecule has 2 aromatic carbocycles. The number of nitrogens with one attached hydrogen (secondary N) is 1. The summed E-state index contributed by atoms with van der Waals surface area (Å²) in [6.07, 6.45) is -0.506. The first-order chi connectivity index (χ1) is 8.25. The second-order valence-electron chi connectivity index (χ2n) is 3.93. The molecule has 0 bridgehead atoms. The molecule has 0 spiro atoms. The Morgan fingerprint density at radius 1 is 1.00 bits per heavy atom. The van der Waals surface area contributed by atoms with Crippen molar-refractivity contribution in [2.75, 3.05) is 17.6 Å². The van der Waals surface area contributed by atoms with Gasteiger partial charge in [0.2, 0.25) is 0 Å². The highest BCUT2D eigenvalue weighted by molar-refractivity contribution is 5.51. The van der Waals surface area contributed by atoms with E-state index in [1.54, 1.807) is 0 Å². The Morgan fingerprint density at radius 2 is 1.65 bits per heavy atom. The molecule has 0 saturated heterocycles. The van der Waals surface area contributed by atoms with Crippen LogP contribution < -0.4 is 11.1 Å². The van der Waals surface area contributed by atoms with E-state index in [1.165, 1.54) is 0 Å². The van der Waals surface area contributed by atoms with Crippen LogP contribution >= 0.6 is 0 Å². The predicted octanol–water partition coefficient (Wildman–Crippen LogP) is 2.41. The van der Waals surface area contributed by atoms with Crippen LogP contribution in [0.25, 0.3) is 0 Å². The fraction of sp³-hybridized carbons (Fsp3) is 0.143. The van der Waals surface area contributed by atoms with E-state index < -0.39 is 6.10 Å². The zero-order chi connectivity index (χ0) is 12.1. The third-order valence-corrected chi connectivity index (χ3v) is 2.59. The van der Waals surface area contributed by atoms with Crippen molar-refractivity contribution in [2.24, 2.45) is 0 Å². The normalized spacial score (nSPS) is 12.1. The predicted molar refractivity (Wildman–Crippen MR) is 70.7 cm³/mol. The SMILES string of the molecule is Nc1ccc(NCC(O)c2ccccc2)cc1. The first-order valence-electron chi connectivity index (χ1n) is 5.58. The number of nitrogen functional groups attached to an aromatic ring is 1. The Labute approximate surface area is 101 Å². The van der Waals surface area contributed by atoms with Gasteiger partial charge in [0, 0.05) is 17.9 Å². The first kappa shape index (κ1) is 11.5. The number of aliphatic hydroxyl groups excluding tert-OH is 1. The number of hydrogen-bond acceptors (Lipinski definition) is 3. The second-order valence-corrected chi connectivity index (χ2v) is 3.93. The summed E-state index contributed by atoms with van der Waals surface area (Å²) in [4.78, 5) is 0. The van der Waals surface area contributed by atoms with Crippen LogP contribution in [-0.4, -0.2) is 11.7 Å². The standard InChI is InChI=1S/C14H16N2O/c15-12-6-8-13(9-7-12)16-10-14(17)11-4-2-1-3-5-11/h1-9,14,16-17H,10,15H2. The summed E-state index contributed by atoms with van der Waals surface area (Å²) in [5, 5.41) is 13.1. The van der Waals surface area contributed by atoms with Crippen molar-refractivity contribution in [3.05, 3.63) is 60.2 Å². The number of nitrogens with two attached hydrogens (primary N) is 1. The Balaban J connectivity index is 1.92. The fourth-order valence-corrected chi connectivity index (χ4v) is 1.61. The molecular weight excluding hydrogens is 212 g/mol. The van der Waals surface area contributed by atoms with E-state index in [1.807, 2.05) is 54.6 Å². The Morgan fingerprint density at radius 3 is 2.29 bits per heavy atom. The third kappa shape index (κ3) is 3.23. The van der Waals surface area contributed by atoms with Crippen molar-refractivity contribution < 1.29 is 5.11 Å². The van der Waals surface area contributed by atoms with Crippen molar-refractivity contribution in [2.45, 2.75) is 6.10 Å². The lowest BCUT2D eigenvalue weighted by atomic mass is 10.1. The third-order valence-electron chi connectivity index (χ3n) is 2.59. The summed E-state index contributed by atoms with van der Waals surface area (Å²) in [5.41, 5.74) is 8.20. The molecule has 0 aromatic heterocycles. The smallest absolute Gasteiger partial charge is 0.0962 e. The molecule has 0 saturated carbocycles. The van der Waals surface area contributed by atoms with Crippen LogP contribution in [0.3, 0.4) is 0 Å². The minimum absolute atomic E-state index is 0.480. The van der Waals surface area contributed by atoms with Gasteiger partial charge >= 0.3 is 0 Å². The number of aliphatic hydroxyl groups is 1.